The van der Waals surface area contributed by atoms with Crippen LogP contribution >= 0.6 is 0 Å². The minimum Gasteiger partial charge on any atom is -0.297 e. The van der Waals surface area contributed by atoms with Gasteiger partial charge in [0.05, 0.1) is 0 Å². The molecular formula is C9H18N2. The van der Waals surface area contributed by atoms with E-state index in [1.54, 1.807) is 0 Å². The molecule has 0 aliphatic carbocycles. The summed E-state index contributed by atoms with van der Waals surface area (Å²) < 4.78 is 0. The zero-order valence-electron chi connectivity index (χ0n) is 7.42. The normalized spacial score (nSPS) is 19.5. The van der Waals surface area contributed by atoms with Crippen molar-refractivity contribution in [3.63, 3.8) is 0 Å². The van der Waals surface area contributed by atoms with Crippen molar-refractivity contribution in [2.24, 2.45) is 5.10 Å². The Bertz CT molecular complexity index is 115. The van der Waals surface area contributed by atoms with Crippen molar-refractivity contribution in [2.75, 3.05) is 13.1 Å². The first-order valence-corrected chi connectivity index (χ1v) is 4.71. The second-order valence-electron chi connectivity index (χ2n) is 3.10. The number of hydrogen-bond acceptors (Lipinski definition) is 2. The maximum atomic E-state index is 4.38. The summed E-state index contributed by atoms with van der Waals surface area (Å²) in [5.74, 6) is 0. The zero-order chi connectivity index (χ0) is 7.94. The molecule has 1 fully saturated rings. The smallest absolute Gasteiger partial charge is 0.0360 e. The van der Waals surface area contributed by atoms with Crippen molar-refractivity contribution in [3.05, 3.63) is 0 Å². The summed E-state index contributed by atoms with van der Waals surface area (Å²) >= 11 is 0. The van der Waals surface area contributed by atoms with Gasteiger partial charge in [0.2, 0.25) is 0 Å². The standard InChI is InChI=1S/C9H18N2/c1-2-3-7-10-11-8-5-4-6-9-11/h7H,2-6,8-9H2,1H3. The highest BCUT2D eigenvalue weighted by atomic mass is 15.4. The Balaban J connectivity index is 2.13. The van der Waals surface area contributed by atoms with Gasteiger partial charge in [0.15, 0.2) is 0 Å². The van der Waals surface area contributed by atoms with Crippen molar-refractivity contribution in [3.8, 4) is 0 Å². The van der Waals surface area contributed by atoms with E-state index in [-0.39, 0.29) is 0 Å². The molecule has 0 atom stereocenters. The van der Waals surface area contributed by atoms with Crippen LogP contribution in [0.5, 0.6) is 0 Å². The van der Waals surface area contributed by atoms with E-state index >= 15 is 0 Å². The monoisotopic (exact) mass is 154 g/mol. The van der Waals surface area contributed by atoms with E-state index in [4.69, 9.17) is 0 Å². The summed E-state index contributed by atoms with van der Waals surface area (Å²) in [5, 5.41) is 6.57. The largest absolute Gasteiger partial charge is 0.297 e. The van der Waals surface area contributed by atoms with E-state index in [2.05, 4.69) is 17.0 Å². The Hall–Kier alpha value is -0.530. The summed E-state index contributed by atoms with van der Waals surface area (Å²) in [5.41, 5.74) is 0. The molecule has 11 heavy (non-hydrogen) atoms. The molecule has 1 heterocycles. The molecule has 0 spiro atoms. The molecule has 0 bridgehead atoms. The number of rotatable bonds is 3. The molecule has 2 nitrogen and oxygen atoms in total. The highest BCUT2D eigenvalue weighted by Crippen LogP contribution is 2.07. The van der Waals surface area contributed by atoms with Crippen molar-refractivity contribution < 1.29 is 0 Å². The van der Waals surface area contributed by atoms with Gasteiger partial charge in [-0.3, -0.25) is 5.01 Å². The molecule has 0 unspecified atom stereocenters. The SMILES string of the molecule is CCCC=NN1CCCCC1. The van der Waals surface area contributed by atoms with Crippen molar-refractivity contribution >= 4 is 6.21 Å². The predicted molar refractivity (Wildman–Crippen MR) is 48.8 cm³/mol. The lowest BCUT2D eigenvalue weighted by molar-refractivity contribution is 0.240. The van der Waals surface area contributed by atoms with Crippen LogP contribution in [0.4, 0.5) is 0 Å². The molecule has 0 saturated carbocycles. The fourth-order valence-corrected chi connectivity index (χ4v) is 1.29. The average Bonchev–Trinajstić information content (AvgIpc) is 2.07. The molecule has 0 aromatic carbocycles. The third kappa shape index (κ3) is 3.40. The fourth-order valence-electron chi connectivity index (χ4n) is 1.29. The van der Waals surface area contributed by atoms with Crippen LogP contribution in [0.3, 0.4) is 0 Å². The van der Waals surface area contributed by atoms with Crippen LogP contribution in [0.25, 0.3) is 0 Å². The van der Waals surface area contributed by atoms with Crippen LogP contribution in [0.1, 0.15) is 39.0 Å². The first kappa shape index (κ1) is 8.57. The molecule has 0 aromatic rings. The Morgan fingerprint density at radius 1 is 1.27 bits per heavy atom. The van der Waals surface area contributed by atoms with E-state index in [1.807, 2.05) is 6.21 Å². The zero-order valence-corrected chi connectivity index (χ0v) is 7.42. The van der Waals surface area contributed by atoms with Crippen LogP contribution in [0, 0.1) is 0 Å². The Morgan fingerprint density at radius 2 is 2.00 bits per heavy atom. The quantitative estimate of drug-likeness (QED) is 0.569. The van der Waals surface area contributed by atoms with Crippen molar-refractivity contribution in [1.82, 2.24) is 5.01 Å². The summed E-state index contributed by atoms with van der Waals surface area (Å²) in [6.07, 6.45) is 8.41. The van der Waals surface area contributed by atoms with Crippen LogP contribution in [0.15, 0.2) is 5.10 Å². The van der Waals surface area contributed by atoms with Gasteiger partial charge in [0.1, 0.15) is 0 Å². The second-order valence-corrected chi connectivity index (χ2v) is 3.10. The van der Waals surface area contributed by atoms with Gasteiger partial charge in [-0.2, -0.15) is 5.10 Å². The Kier molecular flexibility index (Phi) is 4.02. The molecule has 1 saturated heterocycles. The number of unbranched alkanes of at least 4 members (excludes halogenated alkanes) is 1. The maximum absolute atomic E-state index is 4.38. The minimum absolute atomic E-state index is 1.12. The van der Waals surface area contributed by atoms with E-state index in [1.165, 1.54) is 38.8 Å². The van der Waals surface area contributed by atoms with Gasteiger partial charge in [-0.05, 0) is 25.7 Å². The maximum Gasteiger partial charge on any atom is 0.0360 e. The second kappa shape index (κ2) is 5.16. The van der Waals surface area contributed by atoms with Gasteiger partial charge < -0.3 is 0 Å². The van der Waals surface area contributed by atoms with Gasteiger partial charge in [-0.25, -0.2) is 0 Å². The molecule has 0 aromatic heterocycles. The number of hydrazone groups is 1. The van der Waals surface area contributed by atoms with Crippen LogP contribution in [0.2, 0.25) is 0 Å². The highest BCUT2D eigenvalue weighted by molar-refractivity contribution is 5.56. The topological polar surface area (TPSA) is 15.6 Å². The van der Waals surface area contributed by atoms with Gasteiger partial charge >= 0.3 is 0 Å². The molecular weight excluding hydrogens is 136 g/mol. The third-order valence-corrected chi connectivity index (χ3v) is 2.00. The molecule has 0 N–H and O–H groups in total. The van der Waals surface area contributed by atoms with Gasteiger partial charge in [-0.1, -0.05) is 13.3 Å². The summed E-state index contributed by atoms with van der Waals surface area (Å²) in [6.45, 7) is 4.52. The van der Waals surface area contributed by atoms with Crippen LogP contribution in [-0.2, 0) is 0 Å². The predicted octanol–water partition coefficient (Wildman–Crippen LogP) is 2.26. The molecule has 1 aliphatic rings. The van der Waals surface area contributed by atoms with E-state index < -0.39 is 0 Å². The molecule has 0 radical (unpaired) electrons. The lowest BCUT2D eigenvalue weighted by Crippen LogP contribution is -2.24. The Morgan fingerprint density at radius 3 is 2.64 bits per heavy atom. The van der Waals surface area contributed by atoms with E-state index in [0.717, 1.165) is 6.42 Å². The number of hydrogen-bond donors (Lipinski definition) is 0. The van der Waals surface area contributed by atoms with Crippen LogP contribution < -0.4 is 0 Å². The Labute approximate surface area is 69.3 Å². The lowest BCUT2D eigenvalue weighted by atomic mass is 10.2. The van der Waals surface area contributed by atoms with E-state index in [0.29, 0.717) is 0 Å². The number of nitrogens with zero attached hydrogens (tertiary/aromatic N) is 2. The van der Waals surface area contributed by atoms with Gasteiger partial charge in [-0.15, -0.1) is 0 Å². The molecule has 1 rings (SSSR count). The summed E-state index contributed by atoms with van der Waals surface area (Å²) in [6, 6.07) is 0. The summed E-state index contributed by atoms with van der Waals surface area (Å²) in [4.78, 5) is 0. The molecule has 64 valence electrons. The lowest BCUT2D eigenvalue weighted by Gasteiger charge is -2.23. The summed E-state index contributed by atoms with van der Waals surface area (Å²) in [7, 11) is 0. The molecule has 0 amide bonds. The first-order valence-electron chi connectivity index (χ1n) is 4.71. The first-order chi connectivity index (χ1) is 5.43. The van der Waals surface area contributed by atoms with Gasteiger partial charge in [0.25, 0.3) is 0 Å². The van der Waals surface area contributed by atoms with E-state index in [9.17, 15) is 0 Å². The fraction of sp³-hybridized carbons (Fsp3) is 0.889. The highest BCUT2D eigenvalue weighted by Gasteiger charge is 2.05. The van der Waals surface area contributed by atoms with Gasteiger partial charge in [0, 0.05) is 19.3 Å². The molecule has 2 heteroatoms. The molecule has 1 aliphatic heterocycles. The van der Waals surface area contributed by atoms with Crippen molar-refractivity contribution in [2.45, 2.75) is 39.0 Å². The number of piperidine rings is 1. The van der Waals surface area contributed by atoms with Crippen molar-refractivity contribution in [1.29, 1.82) is 0 Å². The minimum atomic E-state index is 1.12. The van der Waals surface area contributed by atoms with Crippen LogP contribution in [-0.4, -0.2) is 24.3 Å². The third-order valence-electron chi connectivity index (χ3n) is 2.00. The average molecular weight is 154 g/mol.